The number of nitrogens with one attached hydrogen (secondary N) is 1. The number of carboxylic acid groups (broad SMARTS) is 1. The lowest BCUT2D eigenvalue weighted by molar-refractivity contribution is -0.139. The molecule has 0 aliphatic carbocycles. The van der Waals surface area contributed by atoms with Crippen LogP contribution in [0.4, 0.5) is 0 Å². The second-order valence-corrected chi connectivity index (χ2v) is 8.65. The fourth-order valence-electron chi connectivity index (χ4n) is 3.80. The number of carbonyl (C=O) groups is 2. The molecular formula is C25H19Cl2N3O5. The van der Waals surface area contributed by atoms with Crippen LogP contribution >= 0.6 is 23.2 Å². The van der Waals surface area contributed by atoms with Gasteiger partial charge in [0.1, 0.15) is 6.04 Å². The molecule has 0 fully saturated rings. The lowest BCUT2D eigenvalue weighted by atomic mass is 10.0. The molecule has 1 aromatic heterocycles. The van der Waals surface area contributed by atoms with Gasteiger partial charge < -0.3 is 10.4 Å². The molecule has 3 aromatic carbocycles. The van der Waals surface area contributed by atoms with Crippen molar-refractivity contribution in [3.05, 3.63) is 109 Å². The third-order valence-electron chi connectivity index (χ3n) is 5.60. The summed E-state index contributed by atoms with van der Waals surface area (Å²) in [5.74, 6) is -1.96. The third kappa shape index (κ3) is 4.71. The monoisotopic (exact) mass is 511 g/mol. The van der Waals surface area contributed by atoms with Crippen LogP contribution in [0.1, 0.15) is 15.9 Å². The van der Waals surface area contributed by atoms with Crippen molar-refractivity contribution in [1.82, 2.24) is 14.5 Å². The zero-order valence-electron chi connectivity index (χ0n) is 18.4. The first-order valence-electron chi connectivity index (χ1n) is 10.5. The normalized spacial score (nSPS) is 11.9. The SMILES string of the molecule is Cn1c(=O)n(-c2ccc(CC(NC(=O)c3c(Cl)cccc3Cl)C(=O)O)cc2)c(=O)c2ccccc21. The van der Waals surface area contributed by atoms with Crippen molar-refractivity contribution >= 4 is 46.0 Å². The summed E-state index contributed by atoms with van der Waals surface area (Å²) in [6.45, 7) is 0. The molecule has 35 heavy (non-hydrogen) atoms. The number of fused-ring (bicyclic) bond motifs is 1. The summed E-state index contributed by atoms with van der Waals surface area (Å²) in [4.78, 5) is 50.3. The minimum Gasteiger partial charge on any atom is -0.480 e. The van der Waals surface area contributed by atoms with Crippen LogP contribution in [-0.4, -0.2) is 32.2 Å². The Bertz CT molecular complexity index is 1560. The molecule has 1 unspecified atom stereocenters. The molecule has 0 saturated carbocycles. The molecule has 0 radical (unpaired) electrons. The van der Waals surface area contributed by atoms with Gasteiger partial charge in [-0.25, -0.2) is 14.2 Å². The quantitative estimate of drug-likeness (QED) is 0.412. The summed E-state index contributed by atoms with van der Waals surface area (Å²) in [7, 11) is 1.58. The Hall–Kier alpha value is -3.88. The molecule has 1 heterocycles. The fourth-order valence-corrected chi connectivity index (χ4v) is 4.37. The van der Waals surface area contributed by atoms with Crippen LogP contribution in [0.5, 0.6) is 0 Å². The Morgan fingerprint density at radius 1 is 0.943 bits per heavy atom. The molecule has 178 valence electrons. The zero-order chi connectivity index (χ0) is 25.3. The van der Waals surface area contributed by atoms with E-state index in [1.165, 1.54) is 16.7 Å². The van der Waals surface area contributed by atoms with Crippen molar-refractivity contribution in [2.75, 3.05) is 0 Å². The second kappa shape index (κ2) is 9.77. The van der Waals surface area contributed by atoms with Gasteiger partial charge in [-0.2, -0.15) is 0 Å². The highest BCUT2D eigenvalue weighted by atomic mass is 35.5. The molecule has 0 spiro atoms. The van der Waals surface area contributed by atoms with E-state index in [1.807, 2.05) is 0 Å². The summed E-state index contributed by atoms with van der Waals surface area (Å²) in [5.41, 5.74) is 0.455. The molecule has 0 saturated heterocycles. The van der Waals surface area contributed by atoms with Crippen LogP contribution in [0.25, 0.3) is 16.6 Å². The average Bonchev–Trinajstić information content (AvgIpc) is 2.83. The van der Waals surface area contributed by atoms with E-state index in [0.29, 0.717) is 22.2 Å². The number of aromatic nitrogens is 2. The molecular weight excluding hydrogens is 493 g/mol. The first-order valence-corrected chi connectivity index (χ1v) is 11.2. The van der Waals surface area contributed by atoms with Crippen molar-refractivity contribution in [2.45, 2.75) is 12.5 Å². The average molecular weight is 512 g/mol. The summed E-state index contributed by atoms with van der Waals surface area (Å²) < 4.78 is 2.45. The molecule has 8 nitrogen and oxygen atoms in total. The number of halogens is 2. The number of carboxylic acids is 1. The number of carbonyl (C=O) groups excluding carboxylic acids is 1. The van der Waals surface area contributed by atoms with Crippen LogP contribution in [0.15, 0.2) is 76.3 Å². The lowest BCUT2D eigenvalue weighted by Gasteiger charge is -2.16. The van der Waals surface area contributed by atoms with E-state index in [2.05, 4.69) is 5.32 Å². The van der Waals surface area contributed by atoms with E-state index >= 15 is 0 Å². The number of rotatable bonds is 6. The minimum atomic E-state index is -1.27. The molecule has 0 aliphatic rings. The number of aryl methyl sites for hydroxylation is 1. The van der Waals surface area contributed by atoms with Gasteiger partial charge in [0.2, 0.25) is 0 Å². The highest BCUT2D eigenvalue weighted by molar-refractivity contribution is 6.39. The van der Waals surface area contributed by atoms with Gasteiger partial charge in [0.05, 0.1) is 32.2 Å². The van der Waals surface area contributed by atoms with E-state index in [-0.39, 0.29) is 22.0 Å². The van der Waals surface area contributed by atoms with Gasteiger partial charge in [0, 0.05) is 13.5 Å². The molecule has 0 bridgehead atoms. The first-order chi connectivity index (χ1) is 16.7. The first kappa shape index (κ1) is 24.3. The molecule has 0 aliphatic heterocycles. The summed E-state index contributed by atoms with van der Waals surface area (Å²) in [5, 5.41) is 12.7. The standard InChI is InChI=1S/C25H19Cl2N3O5/c1-29-20-8-3-2-5-16(20)23(32)30(25(29)35)15-11-9-14(10-12-15)13-19(24(33)34)28-22(31)21-17(26)6-4-7-18(21)27/h2-12,19H,13H2,1H3,(H,28,31)(H,33,34). The maximum absolute atomic E-state index is 13.0. The van der Waals surface area contributed by atoms with E-state index in [4.69, 9.17) is 23.2 Å². The van der Waals surface area contributed by atoms with Gasteiger partial charge in [0.15, 0.2) is 0 Å². The Labute approximate surface area is 209 Å². The van der Waals surface area contributed by atoms with Crippen LogP contribution in [-0.2, 0) is 18.3 Å². The highest BCUT2D eigenvalue weighted by Crippen LogP contribution is 2.24. The van der Waals surface area contributed by atoms with Crippen molar-refractivity contribution in [1.29, 1.82) is 0 Å². The van der Waals surface area contributed by atoms with Crippen molar-refractivity contribution < 1.29 is 14.7 Å². The number of amides is 1. The summed E-state index contributed by atoms with van der Waals surface area (Å²) >= 11 is 12.1. The largest absolute Gasteiger partial charge is 0.480 e. The van der Waals surface area contributed by atoms with Crippen LogP contribution < -0.4 is 16.6 Å². The van der Waals surface area contributed by atoms with Crippen molar-refractivity contribution in [2.24, 2.45) is 7.05 Å². The van der Waals surface area contributed by atoms with Crippen LogP contribution in [0.3, 0.4) is 0 Å². The number of hydrogen-bond acceptors (Lipinski definition) is 4. The third-order valence-corrected chi connectivity index (χ3v) is 6.23. The van der Waals surface area contributed by atoms with Gasteiger partial charge >= 0.3 is 11.7 Å². The fraction of sp³-hybridized carbons (Fsp3) is 0.120. The Balaban J connectivity index is 1.61. The summed E-state index contributed by atoms with van der Waals surface area (Å²) in [6.07, 6.45) is -0.0476. The van der Waals surface area contributed by atoms with E-state index < -0.39 is 29.2 Å². The van der Waals surface area contributed by atoms with E-state index in [9.17, 15) is 24.3 Å². The van der Waals surface area contributed by atoms with E-state index in [1.54, 1.807) is 61.6 Å². The second-order valence-electron chi connectivity index (χ2n) is 7.83. The smallest absolute Gasteiger partial charge is 0.335 e. The Kier molecular flexibility index (Phi) is 6.77. The minimum absolute atomic E-state index is 0.0102. The number of para-hydroxylation sites is 1. The maximum atomic E-state index is 13.0. The van der Waals surface area contributed by atoms with Crippen LogP contribution in [0.2, 0.25) is 10.0 Å². The number of nitrogens with zero attached hydrogens (tertiary/aromatic N) is 2. The summed E-state index contributed by atoms with van der Waals surface area (Å²) in [6, 6.07) is 16.4. The van der Waals surface area contributed by atoms with Gasteiger partial charge in [0.25, 0.3) is 11.5 Å². The molecule has 4 rings (SSSR count). The highest BCUT2D eigenvalue weighted by Gasteiger charge is 2.24. The van der Waals surface area contributed by atoms with Crippen LogP contribution in [0, 0.1) is 0 Å². The van der Waals surface area contributed by atoms with Crippen molar-refractivity contribution in [3.63, 3.8) is 0 Å². The van der Waals surface area contributed by atoms with Gasteiger partial charge in [-0.3, -0.25) is 14.2 Å². The van der Waals surface area contributed by atoms with Gasteiger partial charge in [-0.05, 0) is 42.0 Å². The molecule has 4 aromatic rings. The Morgan fingerprint density at radius 3 is 2.20 bits per heavy atom. The lowest BCUT2D eigenvalue weighted by Crippen LogP contribution is -2.42. The number of benzene rings is 3. The Morgan fingerprint density at radius 2 is 1.57 bits per heavy atom. The zero-order valence-corrected chi connectivity index (χ0v) is 19.9. The topological polar surface area (TPSA) is 110 Å². The molecule has 1 amide bonds. The maximum Gasteiger partial charge on any atom is 0.335 e. The predicted molar refractivity (Wildman–Crippen MR) is 134 cm³/mol. The van der Waals surface area contributed by atoms with Gasteiger partial charge in [-0.15, -0.1) is 0 Å². The molecule has 2 N–H and O–H groups in total. The van der Waals surface area contributed by atoms with Crippen molar-refractivity contribution in [3.8, 4) is 5.69 Å². The predicted octanol–water partition coefficient (Wildman–Crippen LogP) is 3.42. The molecule has 1 atom stereocenters. The number of aliphatic carboxylic acids is 1. The van der Waals surface area contributed by atoms with E-state index in [0.717, 1.165) is 4.57 Å². The molecule has 10 heteroatoms. The number of hydrogen-bond donors (Lipinski definition) is 2. The van der Waals surface area contributed by atoms with Gasteiger partial charge in [-0.1, -0.05) is 53.5 Å².